The third kappa shape index (κ3) is 2.34. The lowest BCUT2D eigenvalue weighted by atomic mass is 9.95. The van der Waals surface area contributed by atoms with Crippen LogP contribution in [0, 0.1) is 0 Å². The summed E-state index contributed by atoms with van der Waals surface area (Å²) in [6, 6.07) is 16.4. The van der Waals surface area contributed by atoms with Crippen molar-refractivity contribution >= 4 is 15.9 Å². The van der Waals surface area contributed by atoms with Crippen LogP contribution < -0.4 is 0 Å². The van der Waals surface area contributed by atoms with E-state index in [0.29, 0.717) is 13.2 Å². The van der Waals surface area contributed by atoms with Crippen LogP contribution in [0.4, 0.5) is 0 Å². The molecule has 2 nitrogen and oxygen atoms in total. The SMILES string of the molecule is CC1(c2ccccc2-c2ccccc2Br)OCCO1. The van der Waals surface area contributed by atoms with E-state index in [9.17, 15) is 0 Å². The van der Waals surface area contributed by atoms with Crippen LogP contribution in [0.5, 0.6) is 0 Å². The second kappa shape index (κ2) is 5.08. The molecule has 0 bridgehead atoms. The van der Waals surface area contributed by atoms with Gasteiger partial charge in [-0.15, -0.1) is 0 Å². The molecule has 0 radical (unpaired) electrons. The van der Waals surface area contributed by atoms with Crippen LogP contribution in [0.3, 0.4) is 0 Å². The highest BCUT2D eigenvalue weighted by Gasteiger charge is 2.35. The van der Waals surface area contributed by atoms with E-state index in [1.807, 2.05) is 37.3 Å². The molecule has 0 atom stereocenters. The van der Waals surface area contributed by atoms with Gasteiger partial charge in [-0.05, 0) is 24.1 Å². The summed E-state index contributed by atoms with van der Waals surface area (Å²) >= 11 is 3.61. The molecule has 2 aromatic rings. The molecular formula is C16H15BrO2. The first-order valence-electron chi connectivity index (χ1n) is 6.33. The zero-order valence-electron chi connectivity index (χ0n) is 10.7. The second-order valence-corrected chi connectivity index (χ2v) is 5.52. The van der Waals surface area contributed by atoms with Crippen LogP contribution in [0.25, 0.3) is 11.1 Å². The van der Waals surface area contributed by atoms with E-state index in [1.165, 1.54) is 0 Å². The molecule has 2 aromatic carbocycles. The average Bonchev–Trinajstić information content (AvgIpc) is 2.88. The zero-order chi connectivity index (χ0) is 13.3. The molecule has 0 spiro atoms. The molecule has 19 heavy (non-hydrogen) atoms. The van der Waals surface area contributed by atoms with Gasteiger partial charge in [-0.25, -0.2) is 0 Å². The first-order chi connectivity index (χ1) is 9.21. The standard InChI is InChI=1S/C16H15BrO2/c1-16(18-10-11-19-16)14-8-4-2-6-12(14)13-7-3-5-9-15(13)17/h2-9H,10-11H2,1H3. The number of ether oxygens (including phenoxy) is 2. The highest BCUT2D eigenvalue weighted by atomic mass is 79.9. The first-order valence-corrected chi connectivity index (χ1v) is 7.12. The Morgan fingerprint density at radius 2 is 1.47 bits per heavy atom. The molecule has 1 saturated heterocycles. The van der Waals surface area contributed by atoms with Gasteiger partial charge in [-0.3, -0.25) is 0 Å². The Bertz CT molecular complexity index is 589. The van der Waals surface area contributed by atoms with Gasteiger partial charge >= 0.3 is 0 Å². The summed E-state index contributed by atoms with van der Waals surface area (Å²) < 4.78 is 12.7. The molecule has 98 valence electrons. The molecule has 0 aromatic heterocycles. The van der Waals surface area contributed by atoms with E-state index in [0.717, 1.165) is 21.2 Å². The van der Waals surface area contributed by atoms with Crippen LogP contribution in [-0.2, 0) is 15.3 Å². The summed E-state index contributed by atoms with van der Waals surface area (Å²) in [4.78, 5) is 0. The van der Waals surface area contributed by atoms with Crippen molar-refractivity contribution in [3.63, 3.8) is 0 Å². The summed E-state index contributed by atoms with van der Waals surface area (Å²) in [6.07, 6.45) is 0. The Hall–Kier alpha value is -1.16. The summed E-state index contributed by atoms with van der Waals surface area (Å²) in [6.45, 7) is 3.26. The molecule has 1 aliphatic heterocycles. The maximum absolute atomic E-state index is 5.79. The van der Waals surface area contributed by atoms with Gasteiger partial charge in [0.15, 0.2) is 5.79 Å². The molecule has 0 saturated carbocycles. The minimum Gasteiger partial charge on any atom is -0.344 e. The summed E-state index contributed by atoms with van der Waals surface area (Å²) in [7, 11) is 0. The number of halogens is 1. The molecule has 0 amide bonds. The second-order valence-electron chi connectivity index (χ2n) is 4.67. The van der Waals surface area contributed by atoms with E-state index in [2.05, 4.69) is 34.1 Å². The van der Waals surface area contributed by atoms with Crippen molar-refractivity contribution in [2.24, 2.45) is 0 Å². The van der Waals surface area contributed by atoms with Gasteiger partial charge in [0.2, 0.25) is 0 Å². The van der Waals surface area contributed by atoms with E-state index < -0.39 is 5.79 Å². The maximum atomic E-state index is 5.79. The molecule has 3 heteroatoms. The summed E-state index contributed by atoms with van der Waals surface area (Å²) in [5, 5.41) is 0. The fraction of sp³-hybridized carbons (Fsp3) is 0.250. The smallest absolute Gasteiger partial charge is 0.192 e. The fourth-order valence-corrected chi connectivity index (χ4v) is 2.96. The lowest BCUT2D eigenvalue weighted by Crippen LogP contribution is -2.23. The van der Waals surface area contributed by atoms with Gasteiger partial charge in [0.1, 0.15) is 0 Å². The van der Waals surface area contributed by atoms with Crippen molar-refractivity contribution in [2.75, 3.05) is 13.2 Å². The molecule has 0 N–H and O–H groups in total. The molecule has 1 heterocycles. The number of benzene rings is 2. The van der Waals surface area contributed by atoms with Crippen molar-refractivity contribution < 1.29 is 9.47 Å². The topological polar surface area (TPSA) is 18.5 Å². The molecule has 1 aliphatic rings. The highest BCUT2D eigenvalue weighted by molar-refractivity contribution is 9.10. The van der Waals surface area contributed by atoms with Crippen molar-refractivity contribution in [3.8, 4) is 11.1 Å². The summed E-state index contributed by atoms with van der Waals surface area (Å²) in [5.41, 5.74) is 3.36. The van der Waals surface area contributed by atoms with E-state index in [1.54, 1.807) is 0 Å². The quantitative estimate of drug-likeness (QED) is 0.820. The minimum absolute atomic E-state index is 0.640. The Balaban J connectivity index is 2.15. The van der Waals surface area contributed by atoms with E-state index in [4.69, 9.17) is 9.47 Å². The summed E-state index contributed by atoms with van der Waals surface area (Å²) in [5.74, 6) is -0.647. The average molecular weight is 319 g/mol. The molecular weight excluding hydrogens is 304 g/mol. The van der Waals surface area contributed by atoms with Gasteiger partial charge in [0.05, 0.1) is 13.2 Å². The van der Waals surface area contributed by atoms with Crippen molar-refractivity contribution in [1.82, 2.24) is 0 Å². The van der Waals surface area contributed by atoms with E-state index >= 15 is 0 Å². The van der Waals surface area contributed by atoms with Gasteiger partial charge in [-0.1, -0.05) is 58.4 Å². The highest BCUT2D eigenvalue weighted by Crippen LogP contribution is 2.39. The number of hydrogen-bond donors (Lipinski definition) is 0. The van der Waals surface area contributed by atoms with Gasteiger partial charge in [0.25, 0.3) is 0 Å². The van der Waals surface area contributed by atoms with Crippen LogP contribution in [-0.4, -0.2) is 13.2 Å². The van der Waals surface area contributed by atoms with E-state index in [-0.39, 0.29) is 0 Å². The zero-order valence-corrected chi connectivity index (χ0v) is 12.3. The Kier molecular flexibility index (Phi) is 3.44. The number of hydrogen-bond acceptors (Lipinski definition) is 2. The largest absolute Gasteiger partial charge is 0.344 e. The normalized spacial score (nSPS) is 17.6. The Labute approximate surface area is 121 Å². The van der Waals surface area contributed by atoms with Crippen LogP contribution in [0.2, 0.25) is 0 Å². The third-order valence-electron chi connectivity index (χ3n) is 3.42. The van der Waals surface area contributed by atoms with Crippen molar-refractivity contribution in [2.45, 2.75) is 12.7 Å². The van der Waals surface area contributed by atoms with Crippen LogP contribution in [0.1, 0.15) is 12.5 Å². The molecule has 0 unspecified atom stereocenters. The lowest BCUT2D eigenvalue weighted by molar-refractivity contribution is -0.149. The number of rotatable bonds is 2. The van der Waals surface area contributed by atoms with Crippen LogP contribution in [0.15, 0.2) is 53.0 Å². The molecule has 1 fully saturated rings. The monoisotopic (exact) mass is 318 g/mol. The maximum Gasteiger partial charge on any atom is 0.192 e. The molecule has 0 aliphatic carbocycles. The van der Waals surface area contributed by atoms with Crippen LogP contribution >= 0.6 is 15.9 Å². The van der Waals surface area contributed by atoms with Gasteiger partial charge < -0.3 is 9.47 Å². The fourth-order valence-electron chi connectivity index (χ4n) is 2.46. The Morgan fingerprint density at radius 1 is 0.895 bits per heavy atom. The van der Waals surface area contributed by atoms with Crippen molar-refractivity contribution in [1.29, 1.82) is 0 Å². The lowest BCUT2D eigenvalue weighted by Gasteiger charge is -2.25. The third-order valence-corrected chi connectivity index (χ3v) is 4.11. The van der Waals surface area contributed by atoms with Gasteiger partial charge in [-0.2, -0.15) is 0 Å². The first kappa shape index (κ1) is 12.9. The van der Waals surface area contributed by atoms with Gasteiger partial charge in [0, 0.05) is 10.0 Å². The molecule has 3 rings (SSSR count). The predicted octanol–water partition coefficient (Wildman–Crippen LogP) is 4.34. The van der Waals surface area contributed by atoms with Crippen molar-refractivity contribution in [3.05, 3.63) is 58.6 Å². The predicted molar refractivity (Wildman–Crippen MR) is 78.8 cm³/mol. The Morgan fingerprint density at radius 3 is 2.16 bits per heavy atom. The minimum atomic E-state index is -0.647.